The van der Waals surface area contributed by atoms with E-state index in [1.54, 1.807) is 6.92 Å². The maximum Gasteiger partial charge on any atom is 0.410 e. The number of methoxy groups -OCH3 is 1. The number of halogens is 4. The summed E-state index contributed by atoms with van der Waals surface area (Å²) in [6, 6.07) is -1.93. The number of urea groups is 1. The molecule has 2 aliphatic rings. The number of alkyl halides is 4. The fourth-order valence-electron chi connectivity index (χ4n) is 5.19. The zero-order valence-corrected chi connectivity index (χ0v) is 22.5. The molecule has 11 nitrogen and oxygen atoms in total. The van der Waals surface area contributed by atoms with Gasteiger partial charge in [-0.1, -0.05) is 12.1 Å². The second-order valence-electron chi connectivity index (χ2n) is 10.1. The molecule has 1 saturated carbocycles. The number of aromatic nitrogens is 2. The van der Waals surface area contributed by atoms with Gasteiger partial charge < -0.3 is 30.1 Å². The van der Waals surface area contributed by atoms with E-state index in [9.17, 15) is 31.9 Å². The molecule has 1 aliphatic carbocycles. The Morgan fingerprint density at radius 2 is 2.00 bits per heavy atom. The maximum atomic E-state index is 13.9. The molecule has 2 aromatic heterocycles. The van der Waals surface area contributed by atoms with Gasteiger partial charge in [0.25, 0.3) is 5.91 Å². The van der Waals surface area contributed by atoms with Crippen molar-refractivity contribution >= 4 is 23.7 Å². The molecule has 0 spiro atoms. The third-order valence-electron chi connectivity index (χ3n) is 7.42. The lowest BCUT2D eigenvalue weighted by Crippen LogP contribution is -2.49. The predicted molar refractivity (Wildman–Crippen MR) is 137 cm³/mol. The number of nitrogens with zero attached hydrogens (tertiary/aromatic N) is 3. The molecular formula is C26H32F4N6O5. The molecule has 2 aromatic rings. The summed E-state index contributed by atoms with van der Waals surface area (Å²) in [5.74, 6) is -1.46. The first-order chi connectivity index (χ1) is 19.5. The van der Waals surface area contributed by atoms with Crippen LogP contribution in [0.4, 0.5) is 28.2 Å². The monoisotopic (exact) mass is 584 g/mol. The molecule has 3 heterocycles. The first-order valence-electron chi connectivity index (χ1n) is 13.3. The van der Waals surface area contributed by atoms with Gasteiger partial charge in [-0.25, -0.2) is 14.2 Å². The molecule has 4 rings (SSSR count). The van der Waals surface area contributed by atoms with Crippen molar-refractivity contribution in [3.05, 3.63) is 41.4 Å². The van der Waals surface area contributed by atoms with Gasteiger partial charge in [-0.3, -0.25) is 9.59 Å². The number of aryl methyl sites for hydroxylation is 1. The molecule has 1 saturated heterocycles. The number of carbonyl (C=O) groups is 3. The molecule has 0 radical (unpaired) electrons. The Labute approximate surface area is 233 Å². The van der Waals surface area contributed by atoms with Crippen molar-refractivity contribution in [2.24, 2.45) is 5.92 Å². The number of rotatable bonds is 10. The van der Waals surface area contributed by atoms with Crippen LogP contribution in [-0.4, -0.2) is 77.6 Å². The quantitative estimate of drug-likeness (QED) is 0.363. The van der Waals surface area contributed by atoms with E-state index in [4.69, 9.17) is 9.26 Å². The highest BCUT2D eigenvalue weighted by atomic mass is 19.4. The molecule has 224 valence electrons. The van der Waals surface area contributed by atoms with E-state index in [2.05, 4.69) is 20.8 Å². The number of carbonyl (C=O) groups excluding carboxylic acids is 3. The Morgan fingerprint density at radius 3 is 2.63 bits per heavy atom. The summed E-state index contributed by atoms with van der Waals surface area (Å²) in [6.07, 6.45) is -1.38. The second kappa shape index (κ2) is 12.8. The summed E-state index contributed by atoms with van der Waals surface area (Å²) in [7, 11) is 1.35. The number of nitrogens with one attached hydrogen (secondary N) is 3. The van der Waals surface area contributed by atoms with Crippen molar-refractivity contribution in [1.82, 2.24) is 25.7 Å². The Balaban J connectivity index is 1.54. The highest BCUT2D eigenvalue weighted by molar-refractivity contribution is 6.01. The van der Waals surface area contributed by atoms with Crippen LogP contribution in [0.3, 0.4) is 0 Å². The minimum atomic E-state index is -4.62. The zero-order valence-electron chi connectivity index (χ0n) is 22.5. The van der Waals surface area contributed by atoms with Crippen LogP contribution in [-0.2, 0) is 16.0 Å². The average molecular weight is 585 g/mol. The van der Waals surface area contributed by atoms with Crippen molar-refractivity contribution in [3.8, 4) is 0 Å². The van der Waals surface area contributed by atoms with Crippen molar-refractivity contribution in [2.45, 2.75) is 69.5 Å². The van der Waals surface area contributed by atoms with Gasteiger partial charge in [-0.2, -0.15) is 13.2 Å². The zero-order chi connectivity index (χ0) is 29.7. The minimum absolute atomic E-state index is 0.0539. The smallest absolute Gasteiger partial charge is 0.382 e. The van der Waals surface area contributed by atoms with E-state index in [0.29, 0.717) is 30.5 Å². The van der Waals surface area contributed by atoms with Crippen LogP contribution in [0.25, 0.3) is 0 Å². The van der Waals surface area contributed by atoms with Crippen LogP contribution in [0.15, 0.2) is 29.1 Å². The molecule has 3 atom stereocenters. The lowest BCUT2D eigenvalue weighted by molar-refractivity contribution is -0.150. The molecule has 0 bridgehead atoms. The highest BCUT2D eigenvalue weighted by Gasteiger charge is 2.48. The van der Waals surface area contributed by atoms with E-state index in [-0.39, 0.29) is 36.7 Å². The Bertz CT molecular complexity index is 1230. The number of amides is 4. The molecule has 3 N–H and O–H groups in total. The van der Waals surface area contributed by atoms with Crippen LogP contribution < -0.4 is 16.0 Å². The van der Waals surface area contributed by atoms with Crippen LogP contribution in [0, 0.1) is 5.92 Å². The topological polar surface area (TPSA) is 139 Å². The number of anilines is 1. The number of pyridine rings is 1. The fraction of sp³-hybridized carbons (Fsp3) is 0.577. The first-order valence-corrected chi connectivity index (χ1v) is 13.3. The lowest BCUT2D eigenvalue weighted by Gasteiger charge is -2.31. The van der Waals surface area contributed by atoms with Gasteiger partial charge in [-0.05, 0) is 55.7 Å². The standard InChI is InChI=1S/C26H32F4N6O5/c1-3-18-17(12-41-35-18)23(37)34-22(14-4-6-16(27)7-5-14)24(38)33-21-10-15(8-9-31-21)19(13-40-2)36-11-20(26(28,29)30)32-25(36)39/h8-10,12,14,16,19-20,22H,3-7,11,13H2,1-2H3,(H,32,39)(H,34,37)(H,31,33,38)/t14?,16?,19-,20+,22?/m1/s1. The molecule has 1 aliphatic heterocycles. The van der Waals surface area contributed by atoms with Gasteiger partial charge in [-0.15, -0.1) is 0 Å². The SMILES string of the molecule is CCc1nocc1C(=O)NC(C(=O)Nc1cc([C@@H](COC)N2C[C@@H](C(F)(F)F)NC2=O)ccn1)C1CCC(F)CC1. The van der Waals surface area contributed by atoms with Gasteiger partial charge in [0, 0.05) is 13.3 Å². The fourth-order valence-corrected chi connectivity index (χ4v) is 5.19. The van der Waals surface area contributed by atoms with E-state index >= 15 is 0 Å². The molecule has 0 aromatic carbocycles. The van der Waals surface area contributed by atoms with Gasteiger partial charge in [0.05, 0.1) is 24.9 Å². The first kappa shape index (κ1) is 30.2. The van der Waals surface area contributed by atoms with Gasteiger partial charge in [0.1, 0.15) is 35.9 Å². The number of hydrogen-bond acceptors (Lipinski definition) is 7. The van der Waals surface area contributed by atoms with E-state index < -0.39 is 54.9 Å². The Kier molecular flexibility index (Phi) is 9.46. The van der Waals surface area contributed by atoms with Gasteiger partial charge in [0.2, 0.25) is 5.91 Å². The summed E-state index contributed by atoms with van der Waals surface area (Å²) >= 11 is 0. The largest absolute Gasteiger partial charge is 0.410 e. The van der Waals surface area contributed by atoms with E-state index in [0.717, 1.165) is 4.90 Å². The average Bonchev–Trinajstić information content (AvgIpc) is 3.57. The molecule has 41 heavy (non-hydrogen) atoms. The normalized spacial score (nSPS) is 22.6. The second-order valence-corrected chi connectivity index (χ2v) is 10.1. The Morgan fingerprint density at radius 1 is 1.27 bits per heavy atom. The summed E-state index contributed by atoms with van der Waals surface area (Å²) in [5.41, 5.74) is 0.991. The van der Waals surface area contributed by atoms with Crippen molar-refractivity contribution in [1.29, 1.82) is 0 Å². The highest BCUT2D eigenvalue weighted by Crippen LogP contribution is 2.32. The summed E-state index contributed by atoms with van der Waals surface area (Å²) in [6.45, 7) is 1.07. The maximum absolute atomic E-state index is 13.9. The third kappa shape index (κ3) is 7.13. The number of hydrogen-bond donors (Lipinski definition) is 3. The summed E-state index contributed by atoms with van der Waals surface area (Å²) in [5, 5.41) is 11.1. The van der Waals surface area contributed by atoms with E-state index in [1.807, 2.05) is 5.32 Å². The van der Waals surface area contributed by atoms with Crippen molar-refractivity contribution < 1.29 is 41.2 Å². The molecular weight excluding hydrogens is 552 g/mol. The van der Waals surface area contributed by atoms with Crippen LogP contribution in [0.5, 0.6) is 0 Å². The van der Waals surface area contributed by atoms with Gasteiger partial charge in [0.15, 0.2) is 0 Å². The predicted octanol–water partition coefficient (Wildman–Crippen LogP) is 3.54. The summed E-state index contributed by atoms with van der Waals surface area (Å²) in [4.78, 5) is 44.1. The van der Waals surface area contributed by atoms with Crippen molar-refractivity contribution in [3.63, 3.8) is 0 Å². The Hall–Kier alpha value is -3.75. The molecule has 1 unspecified atom stereocenters. The van der Waals surface area contributed by atoms with Gasteiger partial charge >= 0.3 is 12.2 Å². The van der Waals surface area contributed by atoms with Crippen LogP contribution in [0.1, 0.15) is 60.3 Å². The van der Waals surface area contributed by atoms with Crippen LogP contribution >= 0.6 is 0 Å². The summed E-state index contributed by atoms with van der Waals surface area (Å²) < 4.78 is 63.7. The molecule has 4 amide bonds. The third-order valence-corrected chi connectivity index (χ3v) is 7.42. The van der Waals surface area contributed by atoms with Crippen LogP contribution in [0.2, 0.25) is 0 Å². The lowest BCUT2D eigenvalue weighted by atomic mass is 9.82. The minimum Gasteiger partial charge on any atom is -0.382 e. The molecule has 15 heteroatoms. The molecule has 2 fully saturated rings. The van der Waals surface area contributed by atoms with E-state index in [1.165, 1.54) is 31.7 Å². The van der Waals surface area contributed by atoms with Crippen molar-refractivity contribution in [2.75, 3.05) is 25.6 Å². The number of ether oxygens (including phenoxy) is 1.